The van der Waals surface area contributed by atoms with E-state index < -0.39 is 42.3 Å². The topological polar surface area (TPSA) is 67.9 Å². The molecule has 0 atom stereocenters. The van der Waals surface area contributed by atoms with E-state index in [1.807, 2.05) is 5.32 Å². The second-order valence-corrected chi connectivity index (χ2v) is 7.73. The van der Waals surface area contributed by atoms with Gasteiger partial charge in [-0.05, 0) is 39.2 Å². The zero-order valence-electron chi connectivity index (χ0n) is 16.1. The van der Waals surface area contributed by atoms with E-state index in [9.17, 15) is 22.8 Å². The first-order chi connectivity index (χ1) is 12.9. The van der Waals surface area contributed by atoms with Crippen LogP contribution in [0.4, 0.5) is 22.8 Å². The molecule has 2 rings (SSSR count). The molecule has 9 heteroatoms. The molecule has 0 unspecified atom stereocenters. The van der Waals surface area contributed by atoms with Gasteiger partial charge in [-0.25, -0.2) is 9.59 Å². The minimum Gasteiger partial charge on any atom is -0.445 e. The molecule has 28 heavy (non-hydrogen) atoms. The van der Waals surface area contributed by atoms with Crippen molar-refractivity contribution in [1.82, 2.24) is 10.2 Å². The molecule has 0 aliphatic carbocycles. The summed E-state index contributed by atoms with van der Waals surface area (Å²) in [5, 5.41) is 1.99. The van der Waals surface area contributed by atoms with E-state index in [-0.39, 0.29) is 19.7 Å². The molecule has 2 amide bonds. The number of alkyl halides is 3. The number of piperidine rings is 1. The molecule has 1 aliphatic heterocycles. The third-order valence-electron chi connectivity index (χ3n) is 4.37. The molecule has 0 radical (unpaired) electrons. The van der Waals surface area contributed by atoms with E-state index in [0.29, 0.717) is 5.56 Å². The number of nitrogens with one attached hydrogen (secondary N) is 1. The first-order valence-electron chi connectivity index (χ1n) is 8.95. The molecule has 1 heterocycles. The lowest BCUT2D eigenvalue weighted by atomic mass is 9.87. The normalized spacial score (nSPS) is 17.0. The van der Waals surface area contributed by atoms with Crippen molar-refractivity contribution in [1.29, 1.82) is 0 Å². The van der Waals surface area contributed by atoms with Gasteiger partial charge in [-0.2, -0.15) is 13.2 Å². The van der Waals surface area contributed by atoms with Crippen LogP contribution in [-0.4, -0.2) is 47.5 Å². The third-order valence-corrected chi connectivity index (χ3v) is 4.37. The van der Waals surface area contributed by atoms with Crippen molar-refractivity contribution >= 4 is 12.2 Å². The summed E-state index contributed by atoms with van der Waals surface area (Å²) in [6.45, 7) is 4.53. The van der Waals surface area contributed by atoms with Gasteiger partial charge in [0.1, 0.15) is 17.7 Å². The number of halogens is 3. The van der Waals surface area contributed by atoms with Crippen LogP contribution in [0.5, 0.6) is 0 Å². The zero-order chi connectivity index (χ0) is 21.0. The maximum Gasteiger partial charge on any atom is 0.411 e. The number of benzene rings is 1. The molecule has 156 valence electrons. The molecule has 1 saturated heterocycles. The van der Waals surface area contributed by atoms with Crippen molar-refractivity contribution in [3.05, 3.63) is 35.9 Å². The van der Waals surface area contributed by atoms with Crippen LogP contribution in [0.25, 0.3) is 0 Å². The minimum absolute atomic E-state index is 0.134. The van der Waals surface area contributed by atoms with Gasteiger partial charge in [-0.15, -0.1) is 0 Å². The van der Waals surface area contributed by atoms with E-state index in [1.165, 1.54) is 4.90 Å². The monoisotopic (exact) mass is 402 g/mol. The number of carbonyl (C=O) groups is 2. The maximum absolute atomic E-state index is 13.7. The third kappa shape index (κ3) is 5.77. The van der Waals surface area contributed by atoms with E-state index >= 15 is 0 Å². The van der Waals surface area contributed by atoms with Crippen LogP contribution in [0, 0.1) is 0 Å². The molecule has 0 spiro atoms. The van der Waals surface area contributed by atoms with Crippen molar-refractivity contribution in [3.8, 4) is 0 Å². The smallest absolute Gasteiger partial charge is 0.411 e. The van der Waals surface area contributed by atoms with Gasteiger partial charge in [0.05, 0.1) is 0 Å². The summed E-state index contributed by atoms with van der Waals surface area (Å²) in [6, 6.07) is 8.65. The van der Waals surface area contributed by atoms with Gasteiger partial charge in [-0.1, -0.05) is 30.3 Å². The lowest BCUT2D eigenvalue weighted by Gasteiger charge is -2.42. The molecule has 0 saturated carbocycles. The lowest BCUT2D eigenvalue weighted by molar-refractivity contribution is -0.205. The van der Waals surface area contributed by atoms with Gasteiger partial charge in [0, 0.05) is 13.1 Å². The Hall–Kier alpha value is -2.45. The average Bonchev–Trinajstić information content (AvgIpc) is 2.59. The number of likely N-dealkylation sites (tertiary alicyclic amines) is 1. The Balaban J connectivity index is 1.98. The van der Waals surface area contributed by atoms with E-state index in [2.05, 4.69) is 0 Å². The van der Waals surface area contributed by atoms with E-state index in [4.69, 9.17) is 9.47 Å². The van der Waals surface area contributed by atoms with Gasteiger partial charge in [0.15, 0.2) is 0 Å². The molecule has 1 N–H and O–H groups in total. The number of rotatable bonds is 3. The molecule has 1 fully saturated rings. The molecule has 0 aromatic heterocycles. The summed E-state index contributed by atoms with van der Waals surface area (Å²) in [5.74, 6) is 0. The fraction of sp³-hybridized carbons (Fsp3) is 0.579. The Labute approximate surface area is 162 Å². The van der Waals surface area contributed by atoms with Crippen LogP contribution in [-0.2, 0) is 16.1 Å². The van der Waals surface area contributed by atoms with Gasteiger partial charge in [0.25, 0.3) is 0 Å². The highest BCUT2D eigenvalue weighted by Gasteiger charge is 2.57. The van der Waals surface area contributed by atoms with E-state index in [0.717, 1.165) is 0 Å². The van der Waals surface area contributed by atoms with Crippen molar-refractivity contribution in [3.63, 3.8) is 0 Å². The summed E-state index contributed by atoms with van der Waals surface area (Å²) >= 11 is 0. The van der Waals surface area contributed by atoms with Gasteiger partial charge >= 0.3 is 18.4 Å². The first kappa shape index (κ1) is 21.8. The van der Waals surface area contributed by atoms with Crippen LogP contribution in [0.3, 0.4) is 0 Å². The maximum atomic E-state index is 13.7. The fourth-order valence-electron chi connectivity index (χ4n) is 2.83. The van der Waals surface area contributed by atoms with E-state index in [1.54, 1.807) is 51.1 Å². The van der Waals surface area contributed by atoms with Gasteiger partial charge in [0.2, 0.25) is 0 Å². The Morgan fingerprint density at radius 1 is 1.11 bits per heavy atom. The number of nitrogens with zero attached hydrogens (tertiary/aromatic N) is 1. The van der Waals surface area contributed by atoms with Crippen LogP contribution in [0.1, 0.15) is 39.2 Å². The van der Waals surface area contributed by atoms with Crippen molar-refractivity contribution in [2.24, 2.45) is 0 Å². The second kappa shape index (κ2) is 8.28. The Bertz CT molecular complexity index is 679. The number of alkyl carbamates (subject to hydrolysis) is 1. The number of hydrogen-bond acceptors (Lipinski definition) is 4. The summed E-state index contributed by atoms with van der Waals surface area (Å²) in [7, 11) is 0. The van der Waals surface area contributed by atoms with Crippen LogP contribution >= 0.6 is 0 Å². The first-order valence-corrected chi connectivity index (χ1v) is 8.95. The highest BCUT2D eigenvalue weighted by atomic mass is 19.4. The summed E-state index contributed by atoms with van der Waals surface area (Å²) in [4.78, 5) is 25.3. The van der Waals surface area contributed by atoms with Crippen LogP contribution in [0.2, 0.25) is 0 Å². The molecule has 1 aromatic rings. The Kier molecular flexibility index (Phi) is 6.46. The van der Waals surface area contributed by atoms with Crippen molar-refractivity contribution in [2.45, 2.75) is 57.5 Å². The number of carbonyl (C=O) groups excluding carboxylic acids is 2. The Morgan fingerprint density at radius 2 is 1.68 bits per heavy atom. The Morgan fingerprint density at radius 3 is 2.18 bits per heavy atom. The highest BCUT2D eigenvalue weighted by molar-refractivity contribution is 5.70. The lowest BCUT2D eigenvalue weighted by Crippen LogP contribution is -2.64. The predicted molar refractivity (Wildman–Crippen MR) is 95.6 cm³/mol. The quantitative estimate of drug-likeness (QED) is 0.821. The van der Waals surface area contributed by atoms with Crippen LogP contribution in [0.15, 0.2) is 30.3 Å². The predicted octanol–water partition coefficient (Wildman–Crippen LogP) is 4.24. The zero-order valence-corrected chi connectivity index (χ0v) is 16.1. The molecular weight excluding hydrogens is 377 g/mol. The summed E-state index contributed by atoms with van der Waals surface area (Å²) in [6.07, 6.45) is -7.45. The molecule has 0 bridgehead atoms. The van der Waals surface area contributed by atoms with Crippen LogP contribution < -0.4 is 5.32 Å². The number of amides is 2. The summed E-state index contributed by atoms with van der Waals surface area (Å²) < 4.78 is 51.3. The molecule has 6 nitrogen and oxygen atoms in total. The SMILES string of the molecule is CC(C)(C)OC(=O)N1CCC(NC(=O)OCc2ccccc2)(C(F)(F)F)CC1. The van der Waals surface area contributed by atoms with Crippen molar-refractivity contribution in [2.75, 3.05) is 13.1 Å². The summed E-state index contributed by atoms with van der Waals surface area (Å²) in [5.41, 5.74) is -2.52. The van der Waals surface area contributed by atoms with Gasteiger partial charge in [-0.3, -0.25) is 0 Å². The average molecular weight is 402 g/mol. The van der Waals surface area contributed by atoms with Gasteiger partial charge < -0.3 is 19.7 Å². The number of ether oxygens (including phenoxy) is 2. The largest absolute Gasteiger partial charge is 0.445 e. The second-order valence-electron chi connectivity index (χ2n) is 7.73. The highest BCUT2D eigenvalue weighted by Crippen LogP contribution is 2.39. The standard InChI is InChI=1S/C19H25F3N2O4/c1-17(2,3)28-16(26)24-11-9-18(10-12-24,19(20,21)22)23-15(25)27-13-14-7-5-4-6-8-14/h4-8H,9-13H2,1-3H3,(H,23,25). The molecular formula is C19H25F3N2O4. The fourth-order valence-corrected chi connectivity index (χ4v) is 2.83. The molecule has 1 aliphatic rings. The van der Waals surface area contributed by atoms with Crippen molar-refractivity contribution < 1.29 is 32.2 Å². The minimum atomic E-state index is -4.68. The molecule has 1 aromatic carbocycles. The number of hydrogen-bond donors (Lipinski definition) is 1.